The monoisotopic (exact) mass is 313 g/mol. The van der Waals surface area contributed by atoms with E-state index in [1.807, 2.05) is 18.2 Å². The molecule has 6 heteroatoms. The Labute approximate surface area is 126 Å². The zero-order valence-corrected chi connectivity index (χ0v) is 13.1. The van der Waals surface area contributed by atoms with Gasteiger partial charge in [0.1, 0.15) is 10.6 Å². The van der Waals surface area contributed by atoms with Gasteiger partial charge in [0.05, 0.1) is 24.3 Å². The van der Waals surface area contributed by atoms with Gasteiger partial charge in [-0.2, -0.15) is 0 Å². The Balaban J connectivity index is 2.40. The fraction of sp³-hybridized carbons (Fsp3) is 0.357. The molecular weight excluding hydrogens is 298 g/mol. The third kappa shape index (κ3) is 2.90. The Morgan fingerprint density at radius 1 is 1.50 bits per heavy atom. The molecule has 0 atom stereocenters. The fourth-order valence-corrected chi connectivity index (χ4v) is 3.11. The second-order valence-corrected chi connectivity index (χ2v) is 6.53. The van der Waals surface area contributed by atoms with E-state index in [4.69, 9.17) is 16.3 Å². The SMILES string of the molecule is COc1ccc2sc(C(=O)NC(C)(C)CO)c(Cl)c2c1. The van der Waals surface area contributed by atoms with E-state index in [1.54, 1.807) is 21.0 Å². The van der Waals surface area contributed by atoms with Crippen molar-refractivity contribution in [3.8, 4) is 5.75 Å². The van der Waals surface area contributed by atoms with Crippen molar-refractivity contribution in [2.24, 2.45) is 0 Å². The third-order valence-corrected chi connectivity index (χ3v) is 4.56. The van der Waals surface area contributed by atoms with Gasteiger partial charge in [0.15, 0.2) is 0 Å². The summed E-state index contributed by atoms with van der Waals surface area (Å²) in [6.07, 6.45) is 0. The van der Waals surface area contributed by atoms with Crippen molar-refractivity contribution < 1.29 is 14.6 Å². The summed E-state index contributed by atoms with van der Waals surface area (Å²) in [5.74, 6) is 0.411. The Bertz CT molecular complexity index is 651. The van der Waals surface area contributed by atoms with Gasteiger partial charge in [-0.1, -0.05) is 11.6 Å². The van der Waals surface area contributed by atoms with Crippen LogP contribution in [0, 0.1) is 0 Å². The lowest BCUT2D eigenvalue weighted by Crippen LogP contribution is -2.46. The number of rotatable bonds is 4. The lowest BCUT2D eigenvalue weighted by Gasteiger charge is -2.23. The van der Waals surface area contributed by atoms with E-state index in [0.717, 1.165) is 10.1 Å². The van der Waals surface area contributed by atoms with Gasteiger partial charge in [0.25, 0.3) is 5.91 Å². The summed E-state index contributed by atoms with van der Waals surface area (Å²) < 4.78 is 6.08. The highest BCUT2D eigenvalue weighted by molar-refractivity contribution is 7.21. The van der Waals surface area contributed by atoms with Crippen molar-refractivity contribution in [2.75, 3.05) is 13.7 Å². The number of methoxy groups -OCH3 is 1. The minimum Gasteiger partial charge on any atom is -0.497 e. The largest absolute Gasteiger partial charge is 0.497 e. The molecule has 0 spiro atoms. The van der Waals surface area contributed by atoms with E-state index >= 15 is 0 Å². The van der Waals surface area contributed by atoms with Crippen LogP contribution in [-0.4, -0.2) is 30.3 Å². The zero-order valence-electron chi connectivity index (χ0n) is 11.5. The maximum absolute atomic E-state index is 12.2. The Morgan fingerprint density at radius 3 is 2.80 bits per heavy atom. The lowest BCUT2D eigenvalue weighted by atomic mass is 10.1. The second-order valence-electron chi connectivity index (χ2n) is 5.10. The van der Waals surface area contributed by atoms with Crippen LogP contribution >= 0.6 is 22.9 Å². The van der Waals surface area contributed by atoms with E-state index in [2.05, 4.69) is 5.32 Å². The van der Waals surface area contributed by atoms with Gasteiger partial charge < -0.3 is 15.2 Å². The van der Waals surface area contributed by atoms with E-state index in [0.29, 0.717) is 15.6 Å². The molecule has 0 radical (unpaired) electrons. The van der Waals surface area contributed by atoms with Crippen LogP contribution in [0.5, 0.6) is 5.75 Å². The normalized spacial score (nSPS) is 11.7. The van der Waals surface area contributed by atoms with Crippen LogP contribution in [0.4, 0.5) is 0 Å². The second kappa shape index (κ2) is 5.60. The lowest BCUT2D eigenvalue weighted by molar-refractivity contribution is 0.0873. The molecule has 2 N–H and O–H groups in total. The number of carbonyl (C=O) groups is 1. The smallest absolute Gasteiger partial charge is 0.263 e. The molecule has 108 valence electrons. The molecule has 0 aliphatic heterocycles. The maximum Gasteiger partial charge on any atom is 0.263 e. The highest BCUT2D eigenvalue weighted by atomic mass is 35.5. The maximum atomic E-state index is 12.2. The predicted octanol–water partition coefficient (Wildman–Crippen LogP) is 3.06. The summed E-state index contributed by atoms with van der Waals surface area (Å²) in [5, 5.41) is 13.2. The molecule has 1 aromatic carbocycles. The first-order valence-electron chi connectivity index (χ1n) is 6.07. The van der Waals surface area contributed by atoms with Crippen LogP contribution in [0.15, 0.2) is 18.2 Å². The molecular formula is C14H16ClNO3S. The molecule has 20 heavy (non-hydrogen) atoms. The van der Waals surface area contributed by atoms with Crippen LogP contribution in [-0.2, 0) is 0 Å². The number of hydrogen-bond acceptors (Lipinski definition) is 4. The minimum atomic E-state index is -0.686. The molecule has 0 saturated carbocycles. The van der Waals surface area contributed by atoms with Crippen molar-refractivity contribution in [1.82, 2.24) is 5.32 Å². The first-order chi connectivity index (χ1) is 9.38. The summed E-state index contributed by atoms with van der Waals surface area (Å²) >= 11 is 7.61. The molecule has 0 saturated heterocycles. The first kappa shape index (κ1) is 15.1. The number of hydrogen-bond donors (Lipinski definition) is 2. The van der Waals surface area contributed by atoms with Crippen LogP contribution in [0.2, 0.25) is 5.02 Å². The number of thiophene rings is 1. The van der Waals surface area contributed by atoms with E-state index in [1.165, 1.54) is 11.3 Å². The number of carbonyl (C=O) groups excluding carboxylic acids is 1. The van der Waals surface area contributed by atoms with Gasteiger partial charge in [-0.05, 0) is 32.0 Å². The molecule has 0 fully saturated rings. The number of benzene rings is 1. The Kier molecular flexibility index (Phi) is 4.22. The quantitative estimate of drug-likeness (QED) is 0.912. The molecule has 1 heterocycles. The number of halogens is 1. The van der Waals surface area contributed by atoms with Gasteiger partial charge >= 0.3 is 0 Å². The molecule has 0 unspecified atom stereocenters. The highest BCUT2D eigenvalue weighted by Crippen LogP contribution is 2.37. The highest BCUT2D eigenvalue weighted by Gasteiger charge is 2.24. The van der Waals surface area contributed by atoms with Crippen LogP contribution in [0.3, 0.4) is 0 Å². The summed E-state index contributed by atoms with van der Waals surface area (Å²) in [4.78, 5) is 12.7. The van der Waals surface area contributed by atoms with Gasteiger partial charge in [0.2, 0.25) is 0 Å². The van der Waals surface area contributed by atoms with Crippen molar-refractivity contribution >= 4 is 38.9 Å². The molecule has 0 aliphatic rings. The topological polar surface area (TPSA) is 58.6 Å². The van der Waals surface area contributed by atoms with Crippen LogP contribution < -0.4 is 10.1 Å². The van der Waals surface area contributed by atoms with Gasteiger partial charge in [0, 0.05) is 10.1 Å². The van der Waals surface area contributed by atoms with E-state index < -0.39 is 5.54 Å². The predicted molar refractivity (Wildman–Crippen MR) is 82.0 cm³/mol. The minimum absolute atomic E-state index is 0.144. The number of aliphatic hydroxyl groups is 1. The fourth-order valence-electron chi connectivity index (χ4n) is 1.72. The molecule has 0 aliphatic carbocycles. The summed E-state index contributed by atoms with van der Waals surface area (Å²) in [7, 11) is 1.58. The average Bonchev–Trinajstić information content (AvgIpc) is 2.75. The van der Waals surface area contributed by atoms with Crippen molar-refractivity contribution in [1.29, 1.82) is 0 Å². The number of ether oxygens (including phenoxy) is 1. The van der Waals surface area contributed by atoms with Crippen molar-refractivity contribution in [3.63, 3.8) is 0 Å². The average molecular weight is 314 g/mol. The molecule has 4 nitrogen and oxygen atoms in total. The Morgan fingerprint density at radius 2 is 2.20 bits per heavy atom. The van der Waals surface area contributed by atoms with Gasteiger partial charge in [-0.3, -0.25) is 4.79 Å². The van der Waals surface area contributed by atoms with Crippen molar-refractivity contribution in [2.45, 2.75) is 19.4 Å². The van der Waals surface area contributed by atoms with E-state index in [-0.39, 0.29) is 12.5 Å². The number of amides is 1. The molecule has 1 aromatic heterocycles. The number of nitrogens with one attached hydrogen (secondary N) is 1. The van der Waals surface area contributed by atoms with Crippen molar-refractivity contribution in [3.05, 3.63) is 28.1 Å². The third-order valence-electron chi connectivity index (χ3n) is 2.89. The van der Waals surface area contributed by atoms with Crippen LogP contribution in [0.25, 0.3) is 10.1 Å². The van der Waals surface area contributed by atoms with Gasteiger partial charge in [-0.15, -0.1) is 11.3 Å². The summed E-state index contributed by atoms with van der Waals surface area (Å²) in [5.41, 5.74) is -0.686. The van der Waals surface area contributed by atoms with Crippen LogP contribution in [0.1, 0.15) is 23.5 Å². The molecule has 1 amide bonds. The standard InChI is InChI=1S/C14H16ClNO3S/c1-14(2,7-17)16-13(18)12-11(15)9-6-8(19-3)4-5-10(9)20-12/h4-6,17H,7H2,1-3H3,(H,16,18). The molecule has 0 bridgehead atoms. The van der Waals surface area contributed by atoms with E-state index in [9.17, 15) is 9.90 Å². The summed E-state index contributed by atoms with van der Waals surface area (Å²) in [6, 6.07) is 5.51. The first-order valence-corrected chi connectivity index (χ1v) is 7.27. The van der Waals surface area contributed by atoms with Gasteiger partial charge in [-0.25, -0.2) is 0 Å². The summed E-state index contributed by atoms with van der Waals surface area (Å²) in [6.45, 7) is 3.35. The molecule has 2 rings (SSSR count). The molecule has 2 aromatic rings. The number of aliphatic hydroxyl groups excluding tert-OH is 1. The zero-order chi connectivity index (χ0) is 14.9. The number of fused-ring (bicyclic) bond motifs is 1. The Hall–Kier alpha value is -1.30.